The Balaban J connectivity index is 1.88. The van der Waals surface area contributed by atoms with E-state index in [1.165, 1.54) is 19.4 Å². The number of hydrogen-bond donors (Lipinski definition) is 2. The molecule has 2 fully saturated rings. The van der Waals surface area contributed by atoms with E-state index < -0.39 is 9.84 Å². The van der Waals surface area contributed by atoms with Gasteiger partial charge in [0.15, 0.2) is 15.8 Å². The van der Waals surface area contributed by atoms with Crippen LogP contribution < -0.4 is 10.6 Å². The number of likely N-dealkylation sites (tertiary alicyclic amines) is 1. The lowest BCUT2D eigenvalue weighted by atomic mass is 9.97. The molecule has 2 aliphatic heterocycles. The second-order valence-electron chi connectivity index (χ2n) is 7.06. The molecule has 0 aromatic carbocycles. The first-order valence-corrected chi connectivity index (χ1v) is 10.7. The van der Waals surface area contributed by atoms with Gasteiger partial charge in [-0.05, 0) is 52.5 Å². The van der Waals surface area contributed by atoms with Gasteiger partial charge < -0.3 is 15.5 Å². The Morgan fingerprint density at radius 2 is 2.13 bits per heavy atom. The first kappa shape index (κ1) is 18.5. The van der Waals surface area contributed by atoms with Gasteiger partial charge in [-0.2, -0.15) is 0 Å². The standard InChI is InChI=1S/C16H32N4O2S/c1-4-17-16(19-15-7-9-23(21,22)12-15)18-10-14-6-5-8-20(11-14)13(2)3/h13-15H,4-12H2,1-3H3,(H2,17,18,19). The largest absolute Gasteiger partial charge is 0.357 e. The fourth-order valence-electron chi connectivity index (χ4n) is 3.36. The number of hydrogen-bond acceptors (Lipinski definition) is 4. The summed E-state index contributed by atoms with van der Waals surface area (Å²) in [6.45, 7) is 10.4. The van der Waals surface area contributed by atoms with Crippen LogP contribution in [-0.2, 0) is 9.84 Å². The summed E-state index contributed by atoms with van der Waals surface area (Å²) in [5, 5.41) is 6.53. The number of guanidine groups is 1. The normalized spacial score (nSPS) is 29.0. The molecule has 23 heavy (non-hydrogen) atoms. The van der Waals surface area contributed by atoms with Crippen LogP contribution in [-0.4, -0.2) is 69.0 Å². The van der Waals surface area contributed by atoms with E-state index in [-0.39, 0.29) is 17.5 Å². The Labute approximate surface area is 141 Å². The van der Waals surface area contributed by atoms with Gasteiger partial charge in [0.05, 0.1) is 11.5 Å². The number of sulfone groups is 1. The van der Waals surface area contributed by atoms with E-state index in [2.05, 4.69) is 29.4 Å². The van der Waals surface area contributed by atoms with Crippen molar-refractivity contribution in [1.29, 1.82) is 0 Å². The lowest BCUT2D eigenvalue weighted by molar-refractivity contribution is 0.143. The van der Waals surface area contributed by atoms with Gasteiger partial charge in [0.1, 0.15) is 0 Å². The molecule has 6 nitrogen and oxygen atoms in total. The van der Waals surface area contributed by atoms with Crippen molar-refractivity contribution in [2.45, 2.75) is 52.1 Å². The summed E-state index contributed by atoms with van der Waals surface area (Å²) in [5.74, 6) is 1.86. The molecule has 0 aromatic rings. The number of nitrogens with zero attached hydrogens (tertiary/aromatic N) is 2. The molecule has 0 aliphatic carbocycles. The van der Waals surface area contributed by atoms with Crippen LogP contribution in [0.4, 0.5) is 0 Å². The van der Waals surface area contributed by atoms with Crippen LogP contribution in [0, 0.1) is 5.92 Å². The van der Waals surface area contributed by atoms with Gasteiger partial charge in [0.25, 0.3) is 0 Å². The van der Waals surface area contributed by atoms with Crippen LogP contribution >= 0.6 is 0 Å². The quantitative estimate of drug-likeness (QED) is 0.571. The Morgan fingerprint density at radius 3 is 2.74 bits per heavy atom. The maximum Gasteiger partial charge on any atom is 0.191 e. The van der Waals surface area contributed by atoms with E-state index in [4.69, 9.17) is 4.99 Å². The highest BCUT2D eigenvalue weighted by molar-refractivity contribution is 7.91. The van der Waals surface area contributed by atoms with Gasteiger partial charge in [0, 0.05) is 31.7 Å². The summed E-state index contributed by atoms with van der Waals surface area (Å²) in [7, 11) is -2.86. The number of rotatable bonds is 5. The van der Waals surface area contributed by atoms with Crippen LogP contribution in [0.5, 0.6) is 0 Å². The molecule has 2 saturated heterocycles. The Hall–Kier alpha value is -0.820. The summed E-state index contributed by atoms with van der Waals surface area (Å²) < 4.78 is 23.2. The number of piperidine rings is 1. The summed E-state index contributed by atoms with van der Waals surface area (Å²) >= 11 is 0. The highest BCUT2D eigenvalue weighted by Crippen LogP contribution is 2.18. The van der Waals surface area contributed by atoms with Crippen molar-refractivity contribution in [1.82, 2.24) is 15.5 Å². The molecule has 0 aromatic heterocycles. The zero-order chi connectivity index (χ0) is 16.9. The molecule has 0 spiro atoms. The maximum atomic E-state index is 11.6. The van der Waals surface area contributed by atoms with E-state index in [1.54, 1.807) is 0 Å². The van der Waals surface area contributed by atoms with Crippen LogP contribution in [0.15, 0.2) is 4.99 Å². The van der Waals surface area contributed by atoms with Crippen molar-refractivity contribution >= 4 is 15.8 Å². The SMILES string of the molecule is CCNC(=NCC1CCCN(C(C)C)C1)NC1CCS(=O)(=O)C1. The second kappa shape index (κ2) is 8.33. The molecule has 2 N–H and O–H groups in total. The van der Waals surface area contributed by atoms with Gasteiger partial charge in [-0.3, -0.25) is 4.99 Å². The zero-order valence-electron chi connectivity index (χ0n) is 14.7. The molecule has 0 saturated carbocycles. The Kier molecular flexibility index (Phi) is 6.71. The second-order valence-corrected chi connectivity index (χ2v) is 9.29. The van der Waals surface area contributed by atoms with Crippen molar-refractivity contribution in [3.63, 3.8) is 0 Å². The van der Waals surface area contributed by atoms with Crippen LogP contribution in [0.3, 0.4) is 0 Å². The average molecular weight is 345 g/mol. The minimum atomic E-state index is -2.86. The first-order valence-electron chi connectivity index (χ1n) is 8.89. The minimum absolute atomic E-state index is 0.00341. The van der Waals surface area contributed by atoms with Crippen LogP contribution in [0.1, 0.15) is 40.0 Å². The molecule has 0 amide bonds. The molecule has 7 heteroatoms. The number of aliphatic imine (C=N–C) groups is 1. The number of nitrogens with one attached hydrogen (secondary N) is 2. The van der Waals surface area contributed by atoms with Crippen LogP contribution in [0.2, 0.25) is 0 Å². The van der Waals surface area contributed by atoms with E-state index in [0.717, 1.165) is 25.6 Å². The molecular formula is C16H32N4O2S. The van der Waals surface area contributed by atoms with Gasteiger partial charge in [-0.25, -0.2) is 8.42 Å². The zero-order valence-corrected chi connectivity index (χ0v) is 15.5. The van der Waals surface area contributed by atoms with Crippen molar-refractivity contribution in [3.05, 3.63) is 0 Å². The lowest BCUT2D eigenvalue weighted by Gasteiger charge is -2.34. The lowest BCUT2D eigenvalue weighted by Crippen LogP contribution is -2.45. The Morgan fingerprint density at radius 1 is 1.35 bits per heavy atom. The minimum Gasteiger partial charge on any atom is -0.357 e. The van der Waals surface area contributed by atoms with Crippen LogP contribution in [0.25, 0.3) is 0 Å². The van der Waals surface area contributed by atoms with Crippen molar-refractivity contribution < 1.29 is 8.42 Å². The maximum absolute atomic E-state index is 11.6. The average Bonchev–Trinajstić information content (AvgIpc) is 2.84. The highest BCUT2D eigenvalue weighted by atomic mass is 32.2. The van der Waals surface area contributed by atoms with Gasteiger partial charge in [0.2, 0.25) is 0 Å². The molecule has 2 unspecified atom stereocenters. The molecule has 2 aliphatic rings. The predicted molar refractivity (Wildman–Crippen MR) is 95.6 cm³/mol. The van der Waals surface area contributed by atoms with Crippen molar-refractivity contribution in [2.24, 2.45) is 10.9 Å². The summed E-state index contributed by atoms with van der Waals surface area (Å²) in [5.41, 5.74) is 0. The van der Waals surface area contributed by atoms with Crippen molar-refractivity contribution in [2.75, 3.05) is 37.7 Å². The summed E-state index contributed by atoms with van der Waals surface area (Å²) in [6, 6.07) is 0.591. The summed E-state index contributed by atoms with van der Waals surface area (Å²) in [6.07, 6.45) is 3.14. The topological polar surface area (TPSA) is 73.8 Å². The van der Waals surface area contributed by atoms with Gasteiger partial charge in [-0.15, -0.1) is 0 Å². The molecule has 0 bridgehead atoms. The fraction of sp³-hybridized carbons (Fsp3) is 0.938. The highest BCUT2D eigenvalue weighted by Gasteiger charge is 2.28. The molecule has 0 radical (unpaired) electrons. The third-order valence-corrected chi connectivity index (χ3v) is 6.47. The van der Waals surface area contributed by atoms with Crippen molar-refractivity contribution in [3.8, 4) is 0 Å². The Bertz CT molecular complexity index is 504. The van der Waals surface area contributed by atoms with E-state index >= 15 is 0 Å². The third-order valence-electron chi connectivity index (χ3n) is 4.71. The van der Waals surface area contributed by atoms with Gasteiger partial charge in [-0.1, -0.05) is 0 Å². The van der Waals surface area contributed by atoms with Gasteiger partial charge >= 0.3 is 0 Å². The molecule has 2 atom stereocenters. The molecule has 2 heterocycles. The molecule has 134 valence electrons. The third kappa shape index (κ3) is 5.95. The molecular weight excluding hydrogens is 312 g/mol. The molecule has 2 rings (SSSR count). The fourth-order valence-corrected chi connectivity index (χ4v) is 5.03. The monoisotopic (exact) mass is 344 g/mol. The van der Waals surface area contributed by atoms with E-state index in [9.17, 15) is 8.42 Å². The predicted octanol–water partition coefficient (Wildman–Crippen LogP) is 0.849. The van der Waals surface area contributed by atoms with E-state index in [0.29, 0.717) is 18.4 Å². The first-order chi connectivity index (χ1) is 10.9. The summed E-state index contributed by atoms with van der Waals surface area (Å²) in [4.78, 5) is 7.24. The van der Waals surface area contributed by atoms with E-state index in [1.807, 2.05) is 6.92 Å². The smallest absolute Gasteiger partial charge is 0.191 e.